The minimum atomic E-state index is -4.59. The topological polar surface area (TPSA) is 66.9 Å². The number of halogens is 3. The van der Waals surface area contributed by atoms with Gasteiger partial charge in [-0.15, -0.1) is 0 Å². The summed E-state index contributed by atoms with van der Waals surface area (Å²) in [6, 6.07) is 3.76. The summed E-state index contributed by atoms with van der Waals surface area (Å²) in [5.74, 6) is -2.10. The van der Waals surface area contributed by atoms with E-state index in [2.05, 4.69) is 0 Å². The number of carbonyl (C=O) groups excluding carboxylic acids is 3. The van der Waals surface area contributed by atoms with Crippen LogP contribution in [0.15, 0.2) is 24.3 Å². The number of Topliss-reactive ketones (excluding diaryl/α,β-unsaturated/α-hetero) is 1. The summed E-state index contributed by atoms with van der Waals surface area (Å²) in [5, 5.41) is 0. The van der Waals surface area contributed by atoms with E-state index in [-0.39, 0.29) is 44.3 Å². The first-order chi connectivity index (χ1) is 11.7. The number of amides is 2. The summed E-state index contributed by atoms with van der Waals surface area (Å²) in [4.78, 5) is 38.8. The van der Waals surface area contributed by atoms with Crippen LogP contribution in [0.1, 0.15) is 15.9 Å². The molecule has 0 saturated carbocycles. The zero-order valence-electron chi connectivity index (χ0n) is 13.5. The Balaban J connectivity index is 2.02. The maximum absolute atomic E-state index is 12.7. The predicted molar refractivity (Wildman–Crippen MR) is 80.8 cm³/mol. The number of benzene rings is 1. The van der Waals surface area contributed by atoms with Crippen LogP contribution in [0.2, 0.25) is 0 Å². The van der Waals surface area contributed by atoms with Gasteiger partial charge in [0.05, 0.1) is 5.56 Å². The summed E-state index contributed by atoms with van der Waals surface area (Å²) in [5.41, 5.74) is -1.29. The zero-order valence-corrected chi connectivity index (χ0v) is 13.5. The van der Waals surface area contributed by atoms with Crippen LogP contribution in [-0.4, -0.2) is 67.3 Å². The fourth-order valence-electron chi connectivity index (χ4n) is 2.48. The molecule has 1 aromatic carbocycles. The largest absolute Gasteiger partial charge is 0.416 e. The van der Waals surface area contributed by atoms with E-state index in [1.165, 1.54) is 23.0 Å². The van der Waals surface area contributed by atoms with Crippen molar-refractivity contribution in [3.05, 3.63) is 35.4 Å². The van der Waals surface area contributed by atoms with Crippen molar-refractivity contribution in [1.29, 1.82) is 0 Å². The first kappa shape index (κ1) is 18.9. The minimum absolute atomic E-state index is 0.0723. The third kappa shape index (κ3) is 4.56. The van der Waals surface area contributed by atoms with E-state index in [1.807, 2.05) is 0 Å². The van der Waals surface area contributed by atoms with Crippen molar-refractivity contribution >= 4 is 17.6 Å². The second-order valence-electron chi connectivity index (χ2n) is 5.51. The number of ether oxygens (including phenoxy) is 1. The number of hydrogen-bond acceptors (Lipinski definition) is 4. The van der Waals surface area contributed by atoms with Crippen LogP contribution in [0.4, 0.5) is 13.2 Å². The summed E-state index contributed by atoms with van der Waals surface area (Å²) in [6.45, 7) is 0.683. The van der Waals surface area contributed by atoms with Crippen LogP contribution in [0.3, 0.4) is 0 Å². The second kappa shape index (κ2) is 7.64. The van der Waals surface area contributed by atoms with Crippen LogP contribution >= 0.6 is 0 Å². The lowest BCUT2D eigenvalue weighted by atomic mass is 10.1. The van der Waals surface area contributed by atoms with Crippen LogP contribution < -0.4 is 0 Å². The zero-order chi connectivity index (χ0) is 18.6. The number of rotatable bonds is 4. The maximum Gasteiger partial charge on any atom is 0.416 e. The van der Waals surface area contributed by atoms with Gasteiger partial charge in [-0.25, -0.2) is 0 Å². The molecule has 0 spiro atoms. The molecule has 2 rings (SSSR count). The van der Waals surface area contributed by atoms with E-state index < -0.39 is 23.4 Å². The van der Waals surface area contributed by atoms with Gasteiger partial charge in [-0.3, -0.25) is 14.4 Å². The number of ketones is 1. The average Bonchev–Trinajstić information content (AvgIpc) is 2.60. The van der Waals surface area contributed by atoms with Crippen molar-refractivity contribution in [2.45, 2.75) is 6.18 Å². The third-order valence-corrected chi connectivity index (χ3v) is 3.83. The molecule has 6 nitrogen and oxygen atoms in total. The molecule has 1 aromatic rings. The normalized spacial score (nSPS) is 15.2. The Kier molecular flexibility index (Phi) is 5.78. The van der Waals surface area contributed by atoms with Gasteiger partial charge in [-0.2, -0.15) is 13.2 Å². The van der Waals surface area contributed by atoms with Crippen LogP contribution in [0.5, 0.6) is 0 Å². The lowest BCUT2D eigenvalue weighted by Crippen LogP contribution is -2.52. The number of methoxy groups -OCH3 is 1. The van der Waals surface area contributed by atoms with E-state index >= 15 is 0 Å². The average molecular weight is 358 g/mol. The molecule has 1 aliphatic heterocycles. The molecule has 0 N–H and O–H groups in total. The van der Waals surface area contributed by atoms with E-state index in [1.54, 1.807) is 0 Å². The Morgan fingerprint density at radius 3 is 2.24 bits per heavy atom. The molecule has 1 saturated heterocycles. The van der Waals surface area contributed by atoms with Gasteiger partial charge in [0, 0.05) is 38.9 Å². The Morgan fingerprint density at radius 1 is 1.08 bits per heavy atom. The third-order valence-electron chi connectivity index (χ3n) is 3.83. The van der Waals surface area contributed by atoms with Gasteiger partial charge in [-0.05, 0) is 12.1 Å². The molecule has 0 aliphatic carbocycles. The summed E-state index contributed by atoms with van der Waals surface area (Å²) < 4.78 is 42.9. The number of piperazine rings is 1. The van der Waals surface area contributed by atoms with Gasteiger partial charge >= 0.3 is 6.18 Å². The molecular formula is C16H17F3N2O4. The summed E-state index contributed by atoms with van der Waals surface area (Å²) in [7, 11) is 1.39. The predicted octanol–water partition coefficient (Wildman–Crippen LogP) is 1.21. The Bertz CT molecular complexity index is 668. The summed E-state index contributed by atoms with van der Waals surface area (Å²) >= 11 is 0. The molecule has 1 fully saturated rings. The smallest absolute Gasteiger partial charge is 0.375 e. The highest BCUT2D eigenvalue weighted by Gasteiger charge is 2.33. The van der Waals surface area contributed by atoms with Crippen molar-refractivity contribution in [2.75, 3.05) is 39.9 Å². The van der Waals surface area contributed by atoms with Crippen molar-refractivity contribution in [1.82, 2.24) is 9.80 Å². The first-order valence-electron chi connectivity index (χ1n) is 7.51. The Morgan fingerprint density at radius 2 is 1.68 bits per heavy atom. The minimum Gasteiger partial charge on any atom is -0.375 e. The Labute approximate surface area is 142 Å². The molecule has 1 aliphatic rings. The monoisotopic (exact) mass is 358 g/mol. The SMILES string of the molecule is COCC(=O)N1CCN(C(=O)C(=O)c2cccc(C(F)(F)F)c2)CC1. The molecule has 0 unspecified atom stereocenters. The molecule has 2 amide bonds. The molecule has 0 aromatic heterocycles. The van der Waals surface area contributed by atoms with Gasteiger partial charge in [0.25, 0.3) is 5.91 Å². The van der Waals surface area contributed by atoms with E-state index in [9.17, 15) is 27.6 Å². The van der Waals surface area contributed by atoms with Crippen LogP contribution in [0.25, 0.3) is 0 Å². The number of nitrogens with zero attached hydrogens (tertiary/aromatic N) is 2. The highest BCUT2D eigenvalue weighted by Crippen LogP contribution is 2.29. The molecule has 0 bridgehead atoms. The quantitative estimate of drug-likeness (QED) is 0.599. The van der Waals surface area contributed by atoms with Crippen molar-refractivity contribution < 1.29 is 32.3 Å². The fourth-order valence-corrected chi connectivity index (χ4v) is 2.48. The standard InChI is InChI=1S/C16H17F3N2O4/c1-25-10-13(22)20-5-7-21(8-6-20)15(24)14(23)11-3-2-4-12(9-11)16(17,18)19/h2-4,9H,5-8,10H2,1H3. The molecule has 0 atom stereocenters. The van der Waals surface area contributed by atoms with Crippen molar-refractivity contribution in [2.24, 2.45) is 0 Å². The lowest BCUT2D eigenvalue weighted by molar-refractivity contribution is -0.140. The second-order valence-corrected chi connectivity index (χ2v) is 5.51. The molecule has 0 radical (unpaired) electrons. The summed E-state index contributed by atoms with van der Waals surface area (Å²) in [6.07, 6.45) is -4.59. The van der Waals surface area contributed by atoms with E-state index in [0.29, 0.717) is 6.07 Å². The van der Waals surface area contributed by atoms with Crippen molar-refractivity contribution in [3.8, 4) is 0 Å². The fraction of sp³-hybridized carbons (Fsp3) is 0.438. The van der Waals surface area contributed by atoms with E-state index in [4.69, 9.17) is 4.74 Å². The van der Waals surface area contributed by atoms with Gasteiger partial charge in [0.1, 0.15) is 6.61 Å². The van der Waals surface area contributed by atoms with Crippen LogP contribution in [0, 0.1) is 0 Å². The Hall–Kier alpha value is -2.42. The van der Waals surface area contributed by atoms with Gasteiger partial charge in [-0.1, -0.05) is 12.1 Å². The van der Waals surface area contributed by atoms with Gasteiger partial charge < -0.3 is 14.5 Å². The highest BCUT2D eigenvalue weighted by molar-refractivity contribution is 6.42. The van der Waals surface area contributed by atoms with Gasteiger partial charge in [0.2, 0.25) is 11.7 Å². The number of alkyl halides is 3. The molecular weight excluding hydrogens is 341 g/mol. The van der Waals surface area contributed by atoms with Crippen molar-refractivity contribution in [3.63, 3.8) is 0 Å². The van der Waals surface area contributed by atoms with E-state index in [0.717, 1.165) is 12.1 Å². The molecule has 136 valence electrons. The van der Waals surface area contributed by atoms with Gasteiger partial charge in [0.15, 0.2) is 0 Å². The molecule has 25 heavy (non-hydrogen) atoms. The molecule has 1 heterocycles. The number of carbonyl (C=O) groups is 3. The first-order valence-corrected chi connectivity index (χ1v) is 7.51. The molecule has 9 heteroatoms. The maximum atomic E-state index is 12.7. The lowest BCUT2D eigenvalue weighted by Gasteiger charge is -2.34. The number of hydrogen-bond donors (Lipinski definition) is 0. The van der Waals surface area contributed by atoms with Crippen LogP contribution in [-0.2, 0) is 20.5 Å². The highest BCUT2D eigenvalue weighted by atomic mass is 19.4.